The largest absolute Gasteiger partial charge is 0.468 e. The van der Waals surface area contributed by atoms with Crippen molar-refractivity contribution in [2.24, 2.45) is 5.92 Å². The minimum atomic E-state index is -3.01. The van der Waals surface area contributed by atoms with E-state index in [2.05, 4.69) is 11.8 Å². The predicted octanol–water partition coefficient (Wildman–Crippen LogP) is -1.77. The average molecular weight is 192 g/mol. The van der Waals surface area contributed by atoms with E-state index in [0.717, 1.165) is 19.5 Å². The van der Waals surface area contributed by atoms with Gasteiger partial charge in [0.2, 0.25) is 10.0 Å². The molecule has 1 fully saturated rings. The van der Waals surface area contributed by atoms with Crippen LogP contribution in [-0.2, 0) is 10.0 Å². The van der Waals surface area contributed by atoms with Gasteiger partial charge in [-0.15, -0.1) is 0 Å². The number of hydrogen-bond acceptors (Lipinski definition) is 2. The first-order chi connectivity index (χ1) is 5.47. The van der Waals surface area contributed by atoms with E-state index in [1.807, 2.05) is 0 Å². The van der Waals surface area contributed by atoms with Gasteiger partial charge in [-0.3, -0.25) is 0 Å². The van der Waals surface area contributed by atoms with Crippen molar-refractivity contribution in [2.45, 2.75) is 6.42 Å². The van der Waals surface area contributed by atoms with E-state index in [1.54, 1.807) is 0 Å². The van der Waals surface area contributed by atoms with Crippen LogP contribution in [0.2, 0.25) is 0 Å². The molecule has 1 heterocycles. The van der Waals surface area contributed by atoms with Crippen LogP contribution in [0.3, 0.4) is 0 Å². The van der Waals surface area contributed by atoms with Crippen molar-refractivity contribution in [1.29, 1.82) is 0 Å². The Morgan fingerprint density at radius 3 is 2.75 bits per heavy atom. The molecule has 0 spiro atoms. The SMILES string of the molecule is [CH2-][NH+]1CC[C@@H](CNS(C)(=O)=O)C1. The first kappa shape index (κ1) is 9.95. The first-order valence-electron chi connectivity index (χ1n) is 4.08. The summed E-state index contributed by atoms with van der Waals surface area (Å²) in [7, 11) is 0.863. The van der Waals surface area contributed by atoms with E-state index in [1.165, 1.54) is 11.2 Å². The number of nitrogens with one attached hydrogen (secondary N) is 2. The lowest BCUT2D eigenvalue weighted by Gasteiger charge is -2.12. The third-order valence-corrected chi connectivity index (χ3v) is 2.81. The van der Waals surface area contributed by atoms with Gasteiger partial charge in [0, 0.05) is 18.9 Å². The van der Waals surface area contributed by atoms with Gasteiger partial charge in [0.05, 0.1) is 19.3 Å². The zero-order valence-electron chi connectivity index (χ0n) is 7.34. The van der Waals surface area contributed by atoms with Crippen molar-refractivity contribution in [1.82, 2.24) is 4.72 Å². The van der Waals surface area contributed by atoms with Crippen molar-refractivity contribution < 1.29 is 13.3 Å². The third-order valence-electron chi connectivity index (χ3n) is 2.12. The van der Waals surface area contributed by atoms with Crippen LogP contribution in [0.5, 0.6) is 0 Å². The maximum Gasteiger partial charge on any atom is 0.208 e. The quantitative estimate of drug-likeness (QED) is 0.520. The minimum absolute atomic E-state index is 0.465. The molecule has 2 N–H and O–H groups in total. The minimum Gasteiger partial charge on any atom is -0.468 e. The summed E-state index contributed by atoms with van der Waals surface area (Å²) in [5.74, 6) is 0.465. The molecule has 0 aromatic heterocycles. The van der Waals surface area contributed by atoms with Crippen molar-refractivity contribution >= 4 is 10.0 Å². The summed E-state index contributed by atoms with van der Waals surface area (Å²) >= 11 is 0. The Kier molecular flexibility index (Phi) is 3.09. The normalized spacial score (nSPS) is 30.8. The van der Waals surface area contributed by atoms with Crippen LogP contribution in [0.4, 0.5) is 0 Å². The first-order valence-corrected chi connectivity index (χ1v) is 5.98. The topological polar surface area (TPSA) is 50.6 Å². The Morgan fingerprint density at radius 1 is 1.67 bits per heavy atom. The Hall–Kier alpha value is -0.130. The molecule has 1 saturated heterocycles. The molecular weight excluding hydrogens is 176 g/mol. The molecule has 0 aliphatic carbocycles. The Morgan fingerprint density at radius 2 is 2.33 bits per heavy atom. The van der Waals surface area contributed by atoms with Crippen LogP contribution < -0.4 is 9.62 Å². The molecule has 0 aromatic rings. The highest BCUT2D eigenvalue weighted by Crippen LogP contribution is 2.01. The van der Waals surface area contributed by atoms with Crippen LogP contribution >= 0.6 is 0 Å². The lowest BCUT2D eigenvalue weighted by molar-refractivity contribution is -0.841. The van der Waals surface area contributed by atoms with E-state index in [-0.39, 0.29) is 0 Å². The zero-order valence-corrected chi connectivity index (χ0v) is 8.15. The molecule has 12 heavy (non-hydrogen) atoms. The molecular formula is C7H16N2O2S. The fraction of sp³-hybridized carbons (Fsp3) is 0.857. The molecule has 1 aliphatic rings. The second kappa shape index (κ2) is 3.72. The van der Waals surface area contributed by atoms with Crippen molar-refractivity contribution in [3.05, 3.63) is 7.05 Å². The second-order valence-corrected chi connectivity index (χ2v) is 5.31. The fourth-order valence-electron chi connectivity index (χ4n) is 1.46. The zero-order chi connectivity index (χ0) is 9.19. The molecule has 1 aliphatic heterocycles. The summed E-state index contributed by atoms with van der Waals surface area (Å²) < 4.78 is 24.0. The number of rotatable bonds is 3. The summed E-state index contributed by atoms with van der Waals surface area (Å²) in [6.07, 6.45) is 2.26. The summed E-state index contributed by atoms with van der Waals surface area (Å²) in [4.78, 5) is 1.25. The third kappa shape index (κ3) is 3.51. The number of quaternary nitrogens is 1. The van der Waals surface area contributed by atoms with Gasteiger partial charge >= 0.3 is 0 Å². The van der Waals surface area contributed by atoms with Crippen molar-refractivity contribution in [2.75, 3.05) is 25.9 Å². The maximum atomic E-state index is 10.7. The average Bonchev–Trinajstić information content (AvgIpc) is 2.30. The fourth-order valence-corrected chi connectivity index (χ4v) is 2.00. The molecule has 0 saturated carbocycles. The molecule has 1 rings (SSSR count). The smallest absolute Gasteiger partial charge is 0.208 e. The van der Waals surface area contributed by atoms with Crippen molar-refractivity contribution in [3.63, 3.8) is 0 Å². The van der Waals surface area contributed by atoms with E-state index in [0.29, 0.717) is 12.5 Å². The van der Waals surface area contributed by atoms with Crippen LogP contribution in [0.25, 0.3) is 0 Å². The molecule has 2 atom stereocenters. The second-order valence-electron chi connectivity index (χ2n) is 3.48. The summed E-state index contributed by atoms with van der Waals surface area (Å²) in [5, 5.41) is 0. The Bertz CT molecular complexity index is 238. The van der Waals surface area contributed by atoms with Gasteiger partial charge in [-0.25, -0.2) is 13.1 Å². The number of likely N-dealkylation sites (tertiary alicyclic amines) is 1. The molecule has 0 aromatic carbocycles. The molecule has 0 amide bonds. The Balaban J connectivity index is 2.25. The van der Waals surface area contributed by atoms with Gasteiger partial charge in [0.25, 0.3) is 0 Å². The van der Waals surface area contributed by atoms with Gasteiger partial charge in [-0.2, -0.15) is 7.05 Å². The highest BCUT2D eigenvalue weighted by atomic mass is 32.2. The van der Waals surface area contributed by atoms with Crippen molar-refractivity contribution in [3.8, 4) is 0 Å². The van der Waals surface area contributed by atoms with Crippen LogP contribution in [0.15, 0.2) is 0 Å². The molecule has 0 radical (unpaired) electrons. The molecule has 5 heteroatoms. The molecule has 1 unspecified atom stereocenters. The molecule has 0 bridgehead atoms. The summed E-state index contributed by atoms with van der Waals surface area (Å²) in [6.45, 7) is 2.59. The van der Waals surface area contributed by atoms with Gasteiger partial charge in [-0.1, -0.05) is 0 Å². The van der Waals surface area contributed by atoms with Gasteiger partial charge < -0.3 is 4.90 Å². The van der Waals surface area contributed by atoms with E-state index >= 15 is 0 Å². The molecule has 72 valence electrons. The van der Waals surface area contributed by atoms with Gasteiger partial charge in [0.15, 0.2) is 0 Å². The van der Waals surface area contributed by atoms with Gasteiger partial charge in [-0.05, 0) is 0 Å². The van der Waals surface area contributed by atoms with E-state index in [9.17, 15) is 8.42 Å². The van der Waals surface area contributed by atoms with Gasteiger partial charge in [0.1, 0.15) is 0 Å². The predicted molar refractivity (Wildman–Crippen MR) is 47.0 cm³/mol. The van der Waals surface area contributed by atoms with E-state index in [4.69, 9.17) is 0 Å². The summed E-state index contributed by atoms with van der Waals surface area (Å²) in [6, 6.07) is 0. The number of sulfonamides is 1. The van der Waals surface area contributed by atoms with Crippen LogP contribution in [0, 0.1) is 13.0 Å². The number of hydrogen-bond donors (Lipinski definition) is 2. The highest BCUT2D eigenvalue weighted by Gasteiger charge is 2.20. The van der Waals surface area contributed by atoms with Crippen LogP contribution in [0.1, 0.15) is 6.42 Å². The maximum absolute atomic E-state index is 10.7. The molecule has 4 nitrogen and oxygen atoms in total. The Labute approximate surface area is 74.0 Å². The lowest BCUT2D eigenvalue weighted by Crippen LogP contribution is -3.04. The van der Waals surface area contributed by atoms with E-state index < -0.39 is 10.0 Å². The van der Waals surface area contributed by atoms with Crippen LogP contribution in [-0.4, -0.2) is 34.3 Å². The monoisotopic (exact) mass is 192 g/mol. The lowest BCUT2D eigenvalue weighted by atomic mass is 10.1. The standard InChI is InChI=1S/C7H16N2O2S/c1-9-4-3-7(6-9)5-8-12(2,10)11/h7-9H,1,3-6H2,2H3/t7-/m0/s1. The highest BCUT2D eigenvalue weighted by molar-refractivity contribution is 7.88. The summed E-state index contributed by atoms with van der Waals surface area (Å²) in [5.41, 5.74) is 0.